The summed E-state index contributed by atoms with van der Waals surface area (Å²) >= 11 is 0.764. The predicted octanol–water partition coefficient (Wildman–Crippen LogP) is 2.69. The van der Waals surface area contributed by atoms with Crippen LogP contribution in [-0.2, 0) is 10.6 Å². The van der Waals surface area contributed by atoms with Gasteiger partial charge in [-0.15, -0.1) is 0 Å². The van der Waals surface area contributed by atoms with Gasteiger partial charge in [-0.3, -0.25) is 0 Å². The SMILES string of the molecule is c1ccc([Se]Cc2nc3ccccc3nc2C[Se]c2ccccc2)cc1. The predicted molar refractivity (Wildman–Crippen MR) is 111 cm³/mol. The summed E-state index contributed by atoms with van der Waals surface area (Å²) in [6, 6.07) is 29.6. The third kappa shape index (κ3) is 4.41. The second-order valence-corrected chi connectivity index (χ2v) is 10.2. The van der Waals surface area contributed by atoms with Gasteiger partial charge in [0.2, 0.25) is 0 Å². The van der Waals surface area contributed by atoms with Crippen molar-refractivity contribution in [2.45, 2.75) is 10.6 Å². The van der Waals surface area contributed by atoms with Crippen LogP contribution in [-0.4, -0.2) is 39.9 Å². The molecule has 0 fully saturated rings. The van der Waals surface area contributed by atoms with E-state index in [4.69, 9.17) is 9.97 Å². The van der Waals surface area contributed by atoms with E-state index < -0.39 is 0 Å². The first kappa shape index (κ1) is 17.5. The Morgan fingerprint density at radius 3 is 1.31 bits per heavy atom. The van der Waals surface area contributed by atoms with Crippen molar-refractivity contribution in [3.8, 4) is 0 Å². The molecule has 128 valence electrons. The Hall–Kier alpha value is -1.96. The summed E-state index contributed by atoms with van der Waals surface area (Å²) in [7, 11) is 0. The van der Waals surface area contributed by atoms with Crippen LogP contribution in [0, 0.1) is 0 Å². The molecule has 1 heterocycles. The first-order chi connectivity index (χ1) is 12.9. The molecule has 4 aromatic rings. The van der Waals surface area contributed by atoms with Crippen LogP contribution in [0.4, 0.5) is 0 Å². The van der Waals surface area contributed by atoms with Crippen LogP contribution in [0.5, 0.6) is 0 Å². The molecule has 1 aromatic heterocycles. The zero-order valence-electron chi connectivity index (χ0n) is 14.2. The molecule has 0 spiro atoms. The molecule has 0 unspecified atom stereocenters. The molecule has 0 saturated carbocycles. The van der Waals surface area contributed by atoms with E-state index in [1.54, 1.807) is 0 Å². The summed E-state index contributed by atoms with van der Waals surface area (Å²) in [6.45, 7) is 0. The number of aromatic nitrogens is 2. The van der Waals surface area contributed by atoms with Crippen LogP contribution >= 0.6 is 0 Å². The first-order valence-corrected chi connectivity index (χ1v) is 12.6. The summed E-state index contributed by atoms with van der Waals surface area (Å²) < 4.78 is 2.82. The van der Waals surface area contributed by atoms with Gasteiger partial charge >= 0.3 is 167 Å². The average molecular weight is 468 g/mol. The van der Waals surface area contributed by atoms with Gasteiger partial charge in [0.25, 0.3) is 0 Å². The molecule has 0 aliphatic rings. The zero-order chi connectivity index (χ0) is 17.6. The molecule has 2 nitrogen and oxygen atoms in total. The number of para-hydroxylation sites is 2. The topological polar surface area (TPSA) is 25.8 Å². The van der Waals surface area contributed by atoms with Crippen LogP contribution in [0.3, 0.4) is 0 Å². The normalized spacial score (nSPS) is 10.9. The molecule has 0 bridgehead atoms. The minimum absolute atomic E-state index is 0.382. The summed E-state index contributed by atoms with van der Waals surface area (Å²) in [6.07, 6.45) is 0. The van der Waals surface area contributed by atoms with Crippen molar-refractivity contribution in [3.63, 3.8) is 0 Å². The molecule has 0 amide bonds. The van der Waals surface area contributed by atoms with Crippen LogP contribution in [0.15, 0.2) is 84.9 Å². The van der Waals surface area contributed by atoms with Crippen LogP contribution in [0.2, 0.25) is 0 Å². The van der Waals surface area contributed by atoms with E-state index in [1.165, 1.54) is 20.3 Å². The Kier molecular flexibility index (Phi) is 5.78. The number of hydrogen-bond acceptors (Lipinski definition) is 2. The molecule has 0 aliphatic carbocycles. The first-order valence-electron chi connectivity index (χ1n) is 8.49. The van der Waals surface area contributed by atoms with Crippen molar-refractivity contribution < 1.29 is 0 Å². The van der Waals surface area contributed by atoms with E-state index in [0.29, 0.717) is 29.9 Å². The molecular formula is C22H18N2Se2. The summed E-state index contributed by atoms with van der Waals surface area (Å²) in [5.41, 5.74) is 4.35. The van der Waals surface area contributed by atoms with Crippen molar-refractivity contribution in [3.05, 3.63) is 96.3 Å². The monoisotopic (exact) mass is 470 g/mol. The molecule has 0 aliphatic heterocycles. The van der Waals surface area contributed by atoms with E-state index in [-0.39, 0.29) is 0 Å². The standard InChI is InChI=1S/C22H18N2Se2/c1-3-9-17(10-4-1)25-15-21-22(16-26-18-11-5-2-6-12-18)24-20-14-8-7-13-19(20)23-21/h1-14H,15-16H2. The minimum atomic E-state index is 0.382. The molecule has 4 heteroatoms. The Balaban J connectivity index is 1.60. The van der Waals surface area contributed by atoms with Crippen LogP contribution in [0.25, 0.3) is 11.0 Å². The number of hydrogen-bond donors (Lipinski definition) is 0. The Morgan fingerprint density at radius 2 is 0.885 bits per heavy atom. The third-order valence-electron chi connectivity index (χ3n) is 3.96. The van der Waals surface area contributed by atoms with Crippen LogP contribution in [0.1, 0.15) is 11.4 Å². The Morgan fingerprint density at radius 1 is 0.500 bits per heavy atom. The number of nitrogens with zero attached hydrogens (tertiary/aromatic N) is 2. The number of fused-ring (bicyclic) bond motifs is 1. The Bertz CT molecular complexity index is 907. The summed E-state index contributed by atoms with van der Waals surface area (Å²) in [5.74, 6) is 0. The molecule has 0 radical (unpaired) electrons. The molecule has 4 rings (SSSR count). The van der Waals surface area contributed by atoms with Gasteiger partial charge in [0, 0.05) is 0 Å². The second kappa shape index (κ2) is 8.62. The maximum absolute atomic E-state index is 4.97. The van der Waals surface area contributed by atoms with Gasteiger partial charge in [-0.05, 0) is 0 Å². The second-order valence-electron chi connectivity index (χ2n) is 5.81. The molecule has 3 aromatic carbocycles. The van der Waals surface area contributed by atoms with Crippen molar-refractivity contribution >= 4 is 49.9 Å². The number of benzene rings is 3. The third-order valence-corrected chi connectivity index (χ3v) is 8.26. The van der Waals surface area contributed by atoms with E-state index in [0.717, 1.165) is 21.7 Å². The fourth-order valence-corrected chi connectivity index (χ4v) is 6.35. The van der Waals surface area contributed by atoms with Crippen molar-refractivity contribution in [1.82, 2.24) is 9.97 Å². The van der Waals surface area contributed by atoms with Crippen molar-refractivity contribution in [1.29, 1.82) is 0 Å². The maximum atomic E-state index is 4.97. The fourth-order valence-electron chi connectivity index (χ4n) is 2.64. The van der Waals surface area contributed by atoms with Gasteiger partial charge in [-0.2, -0.15) is 0 Å². The van der Waals surface area contributed by atoms with Crippen LogP contribution < -0.4 is 8.92 Å². The molecular weight excluding hydrogens is 450 g/mol. The molecule has 0 saturated heterocycles. The van der Waals surface area contributed by atoms with E-state index in [2.05, 4.69) is 72.8 Å². The van der Waals surface area contributed by atoms with Crippen molar-refractivity contribution in [2.75, 3.05) is 0 Å². The molecule has 0 N–H and O–H groups in total. The van der Waals surface area contributed by atoms with Gasteiger partial charge < -0.3 is 0 Å². The van der Waals surface area contributed by atoms with E-state index in [1.807, 2.05) is 12.1 Å². The van der Waals surface area contributed by atoms with Gasteiger partial charge in [0.1, 0.15) is 0 Å². The van der Waals surface area contributed by atoms with E-state index in [9.17, 15) is 0 Å². The summed E-state index contributed by atoms with van der Waals surface area (Å²) in [5, 5.41) is 1.99. The van der Waals surface area contributed by atoms with Gasteiger partial charge in [-0.25, -0.2) is 0 Å². The Labute approximate surface area is 166 Å². The average Bonchev–Trinajstić information content (AvgIpc) is 2.72. The zero-order valence-corrected chi connectivity index (χ0v) is 17.6. The van der Waals surface area contributed by atoms with Gasteiger partial charge in [0.15, 0.2) is 0 Å². The van der Waals surface area contributed by atoms with Gasteiger partial charge in [0.05, 0.1) is 0 Å². The molecule has 0 atom stereocenters. The quantitative estimate of drug-likeness (QED) is 0.407. The number of rotatable bonds is 6. The summed E-state index contributed by atoms with van der Waals surface area (Å²) in [4.78, 5) is 9.93. The van der Waals surface area contributed by atoms with Gasteiger partial charge in [-0.1, -0.05) is 0 Å². The van der Waals surface area contributed by atoms with Crippen molar-refractivity contribution in [2.24, 2.45) is 0 Å². The molecule has 26 heavy (non-hydrogen) atoms. The van der Waals surface area contributed by atoms with E-state index >= 15 is 0 Å². The fraction of sp³-hybridized carbons (Fsp3) is 0.0909.